The quantitative estimate of drug-likeness (QED) is 0.686. The minimum atomic E-state index is -2.96. The van der Waals surface area contributed by atoms with Gasteiger partial charge < -0.3 is 14.6 Å². The molecule has 136 valence electrons. The van der Waals surface area contributed by atoms with Crippen molar-refractivity contribution in [3.8, 4) is 5.75 Å². The molecule has 0 saturated carbocycles. The van der Waals surface area contributed by atoms with Gasteiger partial charge in [0.25, 0.3) is 0 Å². The van der Waals surface area contributed by atoms with Crippen LogP contribution >= 0.6 is 11.6 Å². The van der Waals surface area contributed by atoms with Crippen molar-refractivity contribution in [3.63, 3.8) is 0 Å². The fourth-order valence-corrected chi connectivity index (χ4v) is 2.91. The van der Waals surface area contributed by atoms with Crippen molar-refractivity contribution in [1.29, 1.82) is 0 Å². The van der Waals surface area contributed by atoms with E-state index in [1.807, 2.05) is 35.8 Å². The van der Waals surface area contributed by atoms with Crippen molar-refractivity contribution in [2.45, 2.75) is 26.5 Å². The summed E-state index contributed by atoms with van der Waals surface area (Å²) in [5.41, 5.74) is 2.09. The third-order valence-corrected chi connectivity index (χ3v) is 4.08. The molecule has 1 amide bonds. The zero-order valence-corrected chi connectivity index (χ0v) is 14.6. The Morgan fingerprint density at radius 1 is 1.31 bits per heavy atom. The lowest BCUT2D eigenvalue weighted by Gasteiger charge is -2.11. The molecule has 3 aromatic rings. The molecule has 1 aromatic heterocycles. The number of fused-ring (bicyclic) bond motifs is 1. The highest BCUT2D eigenvalue weighted by Crippen LogP contribution is 2.29. The van der Waals surface area contributed by atoms with E-state index in [1.54, 1.807) is 0 Å². The van der Waals surface area contributed by atoms with Gasteiger partial charge in [0.1, 0.15) is 18.1 Å². The van der Waals surface area contributed by atoms with Crippen LogP contribution in [0.1, 0.15) is 12.7 Å². The van der Waals surface area contributed by atoms with Gasteiger partial charge in [-0.3, -0.25) is 4.79 Å². The van der Waals surface area contributed by atoms with Crippen LogP contribution in [0.3, 0.4) is 0 Å². The van der Waals surface area contributed by atoms with Crippen LogP contribution < -0.4 is 10.1 Å². The van der Waals surface area contributed by atoms with Gasteiger partial charge in [-0.2, -0.15) is 8.78 Å². The Morgan fingerprint density at radius 3 is 2.77 bits per heavy atom. The van der Waals surface area contributed by atoms with E-state index < -0.39 is 6.61 Å². The van der Waals surface area contributed by atoms with Gasteiger partial charge in [-0.15, -0.1) is 0 Å². The molecule has 2 aromatic carbocycles. The molecule has 5 nitrogen and oxygen atoms in total. The van der Waals surface area contributed by atoms with Crippen LogP contribution in [-0.4, -0.2) is 22.1 Å². The third-order valence-electron chi connectivity index (χ3n) is 3.78. The first-order chi connectivity index (χ1) is 12.5. The van der Waals surface area contributed by atoms with Crippen molar-refractivity contribution < 1.29 is 18.3 Å². The van der Waals surface area contributed by atoms with E-state index in [0.717, 1.165) is 16.9 Å². The zero-order chi connectivity index (χ0) is 18.7. The molecule has 8 heteroatoms. The van der Waals surface area contributed by atoms with Gasteiger partial charge in [0.05, 0.1) is 16.1 Å². The summed E-state index contributed by atoms with van der Waals surface area (Å²) in [6, 6.07) is 11.7. The number of carbonyl (C=O) groups excluding carboxylic acids is 1. The monoisotopic (exact) mass is 379 g/mol. The second kappa shape index (κ2) is 7.70. The van der Waals surface area contributed by atoms with E-state index in [0.29, 0.717) is 12.1 Å². The number of rotatable bonds is 6. The maximum Gasteiger partial charge on any atom is 0.387 e. The smallest absolute Gasteiger partial charge is 0.387 e. The Kier molecular flexibility index (Phi) is 5.37. The average Bonchev–Trinajstić information content (AvgIpc) is 2.95. The maximum atomic E-state index is 12.4. The number of aryl methyl sites for hydroxylation is 1. The molecule has 3 rings (SSSR count). The molecular weight excluding hydrogens is 364 g/mol. The number of amides is 1. The van der Waals surface area contributed by atoms with Crippen LogP contribution in [0.2, 0.25) is 5.02 Å². The lowest BCUT2D eigenvalue weighted by molar-refractivity contribution is -0.116. The van der Waals surface area contributed by atoms with Crippen LogP contribution in [-0.2, 0) is 17.8 Å². The lowest BCUT2D eigenvalue weighted by atomic mass is 10.3. The normalized spacial score (nSPS) is 11.1. The van der Waals surface area contributed by atoms with Gasteiger partial charge in [-0.25, -0.2) is 4.98 Å². The number of aromatic nitrogens is 2. The molecule has 0 spiro atoms. The number of ether oxygens (including phenoxy) is 1. The number of hydrogen-bond acceptors (Lipinski definition) is 3. The number of benzene rings is 2. The van der Waals surface area contributed by atoms with E-state index in [2.05, 4.69) is 15.0 Å². The second-order valence-corrected chi connectivity index (χ2v) is 5.94. The molecule has 0 radical (unpaired) electrons. The molecule has 0 unspecified atom stereocenters. The van der Waals surface area contributed by atoms with Gasteiger partial charge in [0, 0.05) is 12.1 Å². The number of nitrogens with one attached hydrogen (secondary N) is 1. The molecule has 0 aliphatic rings. The van der Waals surface area contributed by atoms with Crippen molar-refractivity contribution in [2.75, 3.05) is 5.32 Å². The first kappa shape index (κ1) is 18.1. The average molecular weight is 380 g/mol. The van der Waals surface area contributed by atoms with Crippen LogP contribution in [0, 0.1) is 0 Å². The number of nitrogens with zero attached hydrogens (tertiary/aromatic N) is 2. The van der Waals surface area contributed by atoms with Crippen LogP contribution in [0.25, 0.3) is 11.0 Å². The number of para-hydroxylation sites is 2. The highest BCUT2D eigenvalue weighted by Gasteiger charge is 2.14. The van der Waals surface area contributed by atoms with Crippen LogP contribution in [0.4, 0.5) is 14.5 Å². The van der Waals surface area contributed by atoms with Crippen molar-refractivity contribution in [1.82, 2.24) is 9.55 Å². The lowest BCUT2D eigenvalue weighted by Crippen LogP contribution is -2.20. The van der Waals surface area contributed by atoms with E-state index in [-0.39, 0.29) is 23.2 Å². The van der Waals surface area contributed by atoms with E-state index in [1.165, 1.54) is 18.2 Å². The summed E-state index contributed by atoms with van der Waals surface area (Å²) >= 11 is 5.90. The minimum absolute atomic E-state index is 0.00886. The van der Waals surface area contributed by atoms with E-state index >= 15 is 0 Å². The Morgan fingerprint density at radius 2 is 2.08 bits per heavy atom. The standard InChI is InChI=1S/C18H16ClF2N3O2/c1-2-16-23-13-5-3-4-6-14(13)24(16)10-17(25)22-11-7-8-15(12(19)9-11)26-18(20)21/h3-9,18H,2,10H2,1H3,(H,22,25). The highest BCUT2D eigenvalue weighted by molar-refractivity contribution is 6.32. The Hall–Kier alpha value is -2.67. The zero-order valence-electron chi connectivity index (χ0n) is 13.9. The molecule has 0 aliphatic carbocycles. The molecule has 1 heterocycles. The molecule has 0 bridgehead atoms. The van der Waals surface area contributed by atoms with Gasteiger partial charge in [-0.1, -0.05) is 30.7 Å². The first-order valence-corrected chi connectivity index (χ1v) is 8.34. The number of anilines is 1. The molecule has 0 saturated heterocycles. The van der Waals surface area contributed by atoms with Crippen LogP contribution in [0.5, 0.6) is 5.75 Å². The first-order valence-electron chi connectivity index (χ1n) is 7.96. The molecule has 0 atom stereocenters. The summed E-state index contributed by atoms with van der Waals surface area (Å²) in [5, 5.41) is 2.69. The predicted octanol–water partition coefficient (Wildman–Crippen LogP) is 4.49. The second-order valence-electron chi connectivity index (χ2n) is 5.53. The Bertz CT molecular complexity index is 943. The molecule has 1 N–H and O–H groups in total. The molecule has 0 aliphatic heterocycles. The van der Waals surface area contributed by atoms with Gasteiger partial charge in [0.15, 0.2) is 0 Å². The summed E-state index contributed by atoms with van der Waals surface area (Å²) < 4.78 is 30.7. The summed E-state index contributed by atoms with van der Waals surface area (Å²) in [5.74, 6) is 0.384. The summed E-state index contributed by atoms with van der Waals surface area (Å²) in [6.45, 7) is -0.914. The summed E-state index contributed by atoms with van der Waals surface area (Å²) in [4.78, 5) is 16.9. The van der Waals surface area contributed by atoms with E-state index in [9.17, 15) is 13.6 Å². The number of halogens is 3. The number of imidazole rings is 1. The van der Waals surface area contributed by atoms with Gasteiger partial charge in [0.2, 0.25) is 5.91 Å². The SMILES string of the molecule is CCc1nc2ccccc2n1CC(=O)Nc1ccc(OC(F)F)c(Cl)c1. The largest absolute Gasteiger partial charge is 0.433 e. The summed E-state index contributed by atoms with van der Waals surface area (Å²) in [7, 11) is 0. The fourth-order valence-electron chi connectivity index (χ4n) is 2.69. The van der Waals surface area contributed by atoms with E-state index in [4.69, 9.17) is 11.6 Å². The molecule has 0 fully saturated rings. The van der Waals surface area contributed by atoms with Crippen molar-refractivity contribution >= 4 is 34.2 Å². The van der Waals surface area contributed by atoms with Crippen LogP contribution in [0.15, 0.2) is 42.5 Å². The third kappa shape index (κ3) is 3.94. The summed E-state index contributed by atoms with van der Waals surface area (Å²) in [6.07, 6.45) is 0.688. The van der Waals surface area contributed by atoms with Crippen molar-refractivity contribution in [2.24, 2.45) is 0 Å². The Labute approximate surface area is 153 Å². The van der Waals surface area contributed by atoms with Crippen molar-refractivity contribution in [3.05, 3.63) is 53.3 Å². The van der Waals surface area contributed by atoms with Gasteiger partial charge in [-0.05, 0) is 30.3 Å². The minimum Gasteiger partial charge on any atom is -0.433 e. The molecular formula is C18H16ClF2N3O2. The fraction of sp³-hybridized carbons (Fsp3) is 0.222. The highest BCUT2D eigenvalue weighted by atomic mass is 35.5. The maximum absolute atomic E-state index is 12.4. The van der Waals surface area contributed by atoms with Gasteiger partial charge >= 0.3 is 6.61 Å². The topological polar surface area (TPSA) is 56.2 Å². The number of carbonyl (C=O) groups is 1. The Balaban J connectivity index is 1.76. The number of alkyl halides is 2. The molecule has 26 heavy (non-hydrogen) atoms. The number of hydrogen-bond donors (Lipinski definition) is 1. The predicted molar refractivity (Wildman–Crippen MR) is 95.8 cm³/mol.